The fourth-order valence-electron chi connectivity index (χ4n) is 3.64. The van der Waals surface area contributed by atoms with Crippen molar-refractivity contribution in [3.63, 3.8) is 0 Å². The van der Waals surface area contributed by atoms with Crippen molar-refractivity contribution >= 4 is 11.9 Å². The van der Waals surface area contributed by atoms with Crippen LogP contribution in [-0.2, 0) is 24.1 Å². The van der Waals surface area contributed by atoms with Gasteiger partial charge in [0.1, 0.15) is 0 Å². The molecule has 0 bridgehead atoms. The highest BCUT2D eigenvalue weighted by atomic mass is 16.4. The Morgan fingerprint density at radius 2 is 1.93 bits per heavy atom. The number of carbonyl (C=O) groups excluding carboxylic acids is 1. The second-order valence-electron chi connectivity index (χ2n) is 7.30. The number of aryl methyl sites for hydroxylation is 1. The van der Waals surface area contributed by atoms with Crippen LogP contribution < -0.4 is 0 Å². The van der Waals surface area contributed by atoms with Crippen molar-refractivity contribution in [3.8, 4) is 5.69 Å². The normalized spacial score (nSPS) is 13.0. The lowest BCUT2D eigenvalue weighted by Gasteiger charge is -2.25. The minimum absolute atomic E-state index is 0.0642. The number of fused-ring (bicyclic) bond motifs is 1. The molecule has 2 aromatic rings. The lowest BCUT2D eigenvalue weighted by molar-refractivity contribution is -0.137. The molecule has 0 aliphatic heterocycles. The topological polar surface area (TPSA) is 75.4 Å². The van der Waals surface area contributed by atoms with Crippen LogP contribution in [0.25, 0.3) is 5.69 Å². The van der Waals surface area contributed by atoms with Gasteiger partial charge in [0.15, 0.2) is 5.69 Å². The highest BCUT2D eigenvalue weighted by molar-refractivity contribution is 5.94. The Morgan fingerprint density at radius 3 is 2.52 bits per heavy atom. The second-order valence-corrected chi connectivity index (χ2v) is 7.30. The summed E-state index contributed by atoms with van der Waals surface area (Å²) in [6.07, 6.45) is 3.67. The molecule has 1 aliphatic rings. The lowest BCUT2D eigenvalue weighted by atomic mass is 10.1. The van der Waals surface area contributed by atoms with Crippen molar-refractivity contribution in [2.75, 3.05) is 6.54 Å². The smallest absolute Gasteiger partial charge is 0.305 e. The molecule has 1 aromatic heterocycles. The van der Waals surface area contributed by atoms with Crippen LogP contribution in [0.2, 0.25) is 0 Å². The number of carboxylic acids is 1. The maximum atomic E-state index is 13.2. The van der Waals surface area contributed by atoms with E-state index in [4.69, 9.17) is 5.11 Å². The second kappa shape index (κ2) is 7.94. The van der Waals surface area contributed by atoms with Crippen molar-refractivity contribution in [1.82, 2.24) is 14.7 Å². The fourth-order valence-corrected chi connectivity index (χ4v) is 3.64. The molecule has 0 saturated carbocycles. The molecule has 1 aliphatic carbocycles. The Hall–Kier alpha value is -2.63. The van der Waals surface area contributed by atoms with Gasteiger partial charge in [0.05, 0.1) is 12.1 Å². The Balaban J connectivity index is 1.96. The molecule has 144 valence electrons. The van der Waals surface area contributed by atoms with E-state index in [0.29, 0.717) is 5.69 Å². The molecule has 0 saturated heterocycles. The average Bonchev–Trinajstić information content (AvgIpc) is 3.23. The molecule has 1 N–H and O–H groups in total. The van der Waals surface area contributed by atoms with E-state index >= 15 is 0 Å². The summed E-state index contributed by atoms with van der Waals surface area (Å²) in [6, 6.07) is 8.19. The third kappa shape index (κ3) is 3.89. The van der Waals surface area contributed by atoms with Crippen LogP contribution in [0, 0.1) is 0 Å². The molecule has 0 spiro atoms. The summed E-state index contributed by atoms with van der Waals surface area (Å²) in [7, 11) is 0. The van der Waals surface area contributed by atoms with E-state index in [1.165, 1.54) is 5.56 Å². The van der Waals surface area contributed by atoms with Crippen LogP contribution in [0.4, 0.5) is 0 Å². The SMILES string of the molecule is CCc1ccc(-n2nc(C(=O)N(CCC(=O)O)C(C)C)c3c2CCC3)cc1. The maximum absolute atomic E-state index is 13.2. The van der Waals surface area contributed by atoms with Crippen LogP contribution >= 0.6 is 0 Å². The molecular formula is C21H27N3O3. The Bertz CT molecular complexity index is 837. The van der Waals surface area contributed by atoms with Crippen LogP contribution in [0.15, 0.2) is 24.3 Å². The molecule has 6 heteroatoms. The van der Waals surface area contributed by atoms with Crippen molar-refractivity contribution in [1.29, 1.82) is 0 Å². The van der Waals surface area contributed by atoms with Crippen molar-refractivity contribution in [2.45, 2.75) is 58.9 Å². The van der Waals surface area contributed by atoms with Gasteiger partial charge >= 0.3 is 5.97 Å². The number of rotatable bonds is 7. The van der Waals surface area contributed by atoms with Crippen LogP contribution in [0.1, 0.15) is 60.9 Å². The first-order valence-electron chi connectivity index (χ1n) is 9.65. The summed E-state index contributed by atoms with van der Waals surface area (Å²) in [5.74, 6) is -1.08. The fraction of sp³-hybridized carbons (Fsp3) is 0.476. The number of carbonyl (C=O) groups is 2. The van der Waals surface area contributed by atoms with E-state index in [1.807, 2.05) is 30.7 Å². The van der Waals surface area contributed by atoms with Gasteiger partial charge in [-0.25, -0.2) is 4.68 Å². The number of carboxylic acid groups (broad SMARTS) is 1. The minimum atomic E-state index is -0.903. The number of hydrogen-bond acceptors (Lipinski definition) is 3. The third-order valence-corrected chi connectivity index (χ3v) is 5.17. The summed E-state index contributed by atoms with van der Waals surface area (Å²) in [4.78, 5) is 25.7. The van der Waals surface area contributed by atoms with E-state index in [1.54, 1.807) is 4.90 Å². The summed E-state index contributed by atoms with van der Waals surface area (Å²) in [6.45, 7) is 6.12. The summed E-state index contributed by atoms with van der Waals surface area (Å²) in [5.41, 5.74) is 4.82. The number of benzene rings is 1. The number of nitrogens with zero attached hydrogens (tertiary/aromatic N) is 3. The van der Waals surface area contributed by atoms with Gasteiger partial charge in [0, 0.05) is 23.8 Å². The first kappa shape index (κ1) is 19.1. The predicted molar refractivity (Wildman–Crippen MR) is 103 cm³/mol. The third-order valence-electron chi connectivity index (χ3n) is 5.17. The van der Waals surface area contributed by atoms with Gasteiger partial charge in [-0.05, 0) is 57.2 Å². The summed E-state index contributed by atoms with van der Waals surface area (Å²) < 4.78 is 1.89. The van der Waals surface area contributed by atoms with Crippen LogP contribution in [0.3, 0.4) is 0 Å². The Labute approximate surface area is 159 Å². The molecule has 6 nitrogen and oxygen atoms in total. The molecule has 0 fully saturated rings. The Kier molecular flexibility index (Phi) is 5.63. The van der Waals surface area contributed by atoms with Gasteiger partial charge in [0.2, 0.25) is 0 Å². The van der Waals surface area contributed by atoms with E-state index in [-0.39, 0.29) is 24.9 Å². The zero-order chi connectivity index (χ0) is 19.6. The highest BCUT2D eigenvalue weighted by Crippen LogP contribution is 2.29. The molecule has 0 radical (unpaired) electrons. The summed E-state index contributed by atoms with van der Waals surface area (Å²) >= 11 is 0. The zero-order valence-corrected chi connectivity index (χ0v) is 16.2. The van der Waals surface area contributed by atoms with Gasteiger partial charge in [-0.3, -0.25) is 9.59 Å². The molecule has 0 atom stereocenters. The molecule has 1 amide bonds. The van der Waals surface area contributed by atoms with Crippen LogP contribution in [0.5, 0.6) is 0 Å². The van der Waals surface area contributed by atoms with Crippen molar-refractivity contribution < 1.29 is 14.7 Å². The molecule has 27 heavy (non-hydrogen) atoms. The van der Waals surface area contributed by atoms with Crippen molar-refractivity contribution in [2.24, 2.45) is 0 Å². The Morgan fingerprint density at radius 1 is 1.22 bits per heavy atom. The average molecular weight is 369 g/mol. The van der Waals surface area contributed by atoms with Crippen LogP contribution in [-0.4, -0.2) is 44.3 Å². The first-order chi connectivity index (χ1) is 12.9. The van der Waals surface area contributed by atoms with E-state index in [2.05, 4.69) is 24.2 Å². The maximum Gasteiger partial charge on any atom is 0.305 e. The zero-order valence-electron chi connectivity index (χ0n) is 16.2. The summed E-state index contributed by atoms with van der Waals surface area (Å²) in [5, 5.41) is 13.7. The molecule has 0 unspecified atom stereocenters. The van der Waals surface area contributed by atoms with Crippen molar-refractivity contribution in [3.05, 3.63) is 46.8 Å². The predicted octanol–water partition coefficient (Wildman–Crippen LogP) is 3.25. The quantitative estimate of drug-likeness (QED) is 0.813. The molecule has 1 heterocycles. The number of aliphatic carboxylic acids is 1. The molecular weight excluding hydrogens is 342 g/mol. The van der Waals surface area contributed by atoms with Gasteiger partial charge in [-0.1, -0.05) is 19.1 Å². The van der Waals surface area contributed by atoms with Gasteiger partial charge in [0.25, 0.3) is 5.91 Å². The number of aromatic nitrogens is 2. The lowest BCUT2D eigenvalue weighted by Crippen LogP contribution is -2.39. The highest BCUT2D eigenvalue weighted by Gasteiger charge is 2.30. The standard InChI is InChI=1S/C21H27N3O3/c1-4-15-8-10-16(11-9-15)24-18-7-5-6-17(18)20(22-24)21(27)23(14(2)3)13-12-19(25)26/h8-11,14H,4-7,12-13H2,1-3H3,(H,25,26). The monoisotopic (exact) mass is 369 g/mol. The van der Waals surface area contributed by atoms with E-state index < -0.39 is 5.97 Å². The molecule has 3 rings (SSSR count). The first-order valence-corrected chi connectivity index (χ1v) is 9.65. The number of hydrogen-bond donors (Lipinski definition) is 1. The number of amides is 1. The van der Waals surface area contributed by atoms with Gasteiger partial charge in [-0.15, -0.1) is 0 Å². The van der Waals surface area contributed by atoms with E-state index in [0.717, 1.165) is 42.6 Å². The van der Waals surface area contributed by atoms with Gasteiger partial charge in [-0.2, -0.15) is 5.10 Å². The van der Waals surface area contributed by atoms with Gasteiger partial charge < -0.3 is 10.0 Å². The molecule has 1 aromatic carbocycles. The minimum Gasteiger partial charge on any atom is -0.481 e. The van der Waals surface area contributed by atoms with E-state index in [9.17, 15) is 9.59 Å². The largest absolute Gasteiger partial charge is 0.481 e.